The second-order valence-corrected chi connectivity index (χ2v) is 6.45. The highest BCUT2D eigenvalue weighted by atomic mass is 16.2. The number of rotatable bonds is 3. The van der Waals surface area contributed by atoms with Gasteiger partial charge < -0.3 is 15.1 Å². The summed E-state index contributed by atoms with van der Waals surface area (Å²) in [5.41, 5.74) is 0.988. The van der Waals surface area contributed by atoms with Crippen LogP contribution in [0.3, 0.4) is 0 Å². The number of carbonyl (C=O) groups excluding carboxylic acids is 2. The standard InChI is InChI=1S/C17H23N3O2/c1-13-5-3-4-6-14(13)18-15(21)17(7-8-17)16(22)20-11-9-19(2)10-12-20/h3-6H,7-12H2,1-2H3,(H,18,21). The molecular formula is C17H23N3O2. The SMILES string of the molecule is Cc1ccccc1NC(=O)C1(C(=O)N2CCN(C)CC2)CC1. The van der Waals surface area contributed by atoms with E-state index in [1.165, 1.54) is 0 Å². The largest absolute Gasteiger partial charge is 0.339 e. The van der Waals surface area contributed by atoms with Crippen LogP contribution in [0.2, 0.25) is 0 Å². The average molecular weight is 301 g/mol. The number of hydrogen-bond acceptors (Lipinski definition) is 3. The van der Waals surface area contributed by atoms with Gasteiger partial charge in [0.25, 0.3) is 0 Å². The molecule has 1 saturated heterocycles. The van der Waals surface area contributed by atoms with E-state index in [9.17, 15) is 9.59 Å². The van der Waals surface area contributed by atoms with E-state index >= 15 is 0 Å². The Labute approximate surface area is 131 Å². The van der Waals surface area contributed by atoms with Crippen LogP contribution in [0.5, 0.6) is 0 Å². The molecule has 1 saturated carbocycles. The van der Waals surface area contributed by atoms with Gasteiger partial charge in [-0.25, -0.2) is 0 Å². The van der Waals surface area contributed by atoms with Crippen LogP contribution in [-0.2, 0) is 9.59 Å². The molecule has 0 radical (unpaired) electrons. The summed E-state index contributed by atoms with van der Waals surface area (Å²) >= 11 is 0. The van der Waals surface area contributed by atoms with Gasteiger partial charge in [0, 0.05) is 31.9 Å². The van der Waals surface area contributed by atoms with Crippen molar-refractivity contribution in [3.8, 4) is 0 Å². The first-order chi connectivity index (χ1) is 10.5. The van der Waals surface area contributed by atoms with Crippen molar-refractivity contribution in [1.82, 2.24) is 9.80 Å². The number of hydrogen-bond donors (Lipinski definition) is 1. The maximum absolute atomic E-state index is 12.8. The Balaban J connectivity index is 1.69. The fraction of sp³-hybridized carbons (Fsp3) is 0.529. The molecule has 2 amide bonds. The molecule has 0 bridgehead atoms. The number of amides is 2. The molecule has 1 aliphatic heterocycles. The number of para-hydroxylation sites is 1. The Bertz CT molecular complexity index is 587. The van der Waals surface area contributed by atoms with Gasteiger partial charge in [-0.15, -0.1) is 0 Å². The summed E-state index contributed by atoms with van der Waals surface area (Å²) in [5.74, 6) is -0.141. The lowest BCUT2D eigenvalue weighted by Crippen LogP contribution is -2.51. The number of anilines is 1. The van der Waals surface area contributed by atoms with E-state index in [1.54, 1.807) is 0 Å². The van der Waals surface area contributed by atoms with Gasteiger partial charge in [-0.3, -0.25) is 9.59 Å². The van der Waals surface area contributed by atoms with Crippen LogP contribution in [0.25, 0.3) is 0 Å². The fourth-order valence-electron chi connectivity index (χ4n) is 2.93. The smallest absolute Gasteiger partial charge is 0.240 e. The lowest BCUT2D eigenvalue weighted by Gasteiger charge is -2.34. The molecular weight excluding hydrogens is 278 g/mol. The van der Waals surface area contributed by atoms with Gasteiger partial charge in [0.15, 0.2) is 0 Å². The topological polar surface area (TPSA) is 52.7 Å². The Morgan fingerprint density at radius 3 is 2.32 bits per heavy atom. The molecule has 3 rings (SSSR count). The molecule has 2 aliphatic rings. The second-order valence-electron chi connectivity index (χ2n) is 6.45. The highest BCUT2D eigenvalue weighted by molar-refractivity contribution is 6.13. The third-order valence-corrected chi connectivity index (χ3v) is 4.78. The molecule has 0 atom stereocenters. The molecule has 0 unspecified atom stereocenters. The molecule has 5 heteroatoms. The van der Waals surface area contributed by atoms with Crippen molar-refractivity contribution in [2.24, 2.45) is 5.41 Å². The van der Waals surface area contributed by atoms with Gasteiger partial charge in [-0.1, -0.05) is 18.2 Å². The molecule has 22 heavy (non-hydrogen) atoms. The average Bonchev–Trinajstić information content (AvgIpc) is 3.31. The van der Waals surface area contributed by atoms with Crippen molar-refractivity contribution in [2.75, 3.05) is 38.5 Å². The van der Waals surface area contributed by atoms with Crippen molar-refractivity contribution in [3.63, 3.8) is 0 Å². The maximum Gasteiger partial charge on any atom is 0.240 e. The van der Waals surface area contributed by atoms with Gasteiger partial charge in [0.1, 0.15) is 5.41 Å². The predicted molar refractivity (Wildman–Crippen MR) is 85.6 cm³/mol. The van der Waals surface area contributed by atoms with Crippen molar-refractivity contribution < 1.29 is 9.59 Å². The van der Waals surface area contributed by atoms with Crippen LogP contribution >= 0.6 is 0 Å². The highest BCUT2D eigenvalue weighted by Crippen LogP contribution is 2.48. The van der Waals surface area contributed by atoms with Gasteiger partial charge in [-0.2, -0.15) is 0 Å². The number of likely N-dealkylation sites (N-methyl/N-ethyl adjacent to an activating group) is 1. The minimum absolute atomic E-state index is 0.00619. The molecule has 0 spiro atoms. The summed E-state index contributed by atoms with van der Waals surface area (Å²) in [6, 6.07) is 7.67. The van der Waals surface area contributed by atoms with Crippen LogP contribution in [0.4, 0.5) is 5.69 Å². The van der Waals surface area contributed by atoms with Gasteiger partial charge in [0.2, 0.25) is 11.8 Å². The van der Waals surface area contributed by atoms with E-state index in [1.807, 2.05) is 36.1 Å². The van der Waals surface area contributed by atoms with Gasteiger partial charge in [-0.05, 0) is 38.4 Å². The zero-order chi connectivity index (χ0) is 15.7. The Morgan fingerprint density at radius 1 is 1.09 bits per heavy atom. The van der Waals surface area contributed by atoms with Crippen LogP contribution in [0, 0.1) is 12.3 Å². The van der Waals surface area contributed by atoms with Crippen molar-refractivity contribution >= 4 is 17.5 Å². The molecule has 2 fully saturated rings. The quantitative estimate of drug-likeness (QED) is 0.861. The molecule has 0 aromatic heterocycles. The van der Waals surface area contributed by atoms with E-state index in [0.29, 0.717) is 25.9 Å². The third-order valence-electron chi connectivity index (χ3n) is 4.78. The monoisotopic (exact) mass is 301 g/mol. The molecule has 1 aliphatic carbocycles. The van der Waals surface area contributed by atoms with Crippen molar-refractivity contribution in [2.45, 2.75) is 19.8 Å². The fourth-order valence-corrected chi connectivity index (χ4v) is 2.93. The summed E-state index contributed by atoms with van der Waals surface area (Å²) < 4.78 is 0. The van der Waals surface area contributed by atoms with E-state index in [2.05, 4.69) is 17.3 Å². The minimum Gasteiger partial charge on any atom is -0.339 e. The molecule has 118 valence electrons. The Morgan fingerprint density at radius 2 is 1.73 bits per heavy atom. The summed E-state index contributed by atoms with van der Waals surface area (Å²) in [7, 11) is 2.06. The highest BCUT2D eigenvalue weighted by Gasteiger charge is 2.58. The van der Waals surface area contributed by atoms with Crippen molar-refractivity contribution in [1.29, 1.82) is 0 Å². The van der Waals surface area contributed by atoms with E-state index in [4.69, 9.17) is 0 Å². The normalized spacial score (nSPS) is 20.5. The molecule has 1 heterocycles. The summed E-state index contributed by atoms with van der Waals surface area (Å²) in [5, 5.41) is 2.94. The van der Waals surface area contributed by atoms with Gasteiger partial charge in [0.05, 0.1) is 0 Å². The molecule has 1 aromatic carbocycles. The third kappa shape index (κ3) is 2.73. The maximum atomic E-state index is 12.8. The Kier molecular flexibility index (Phi) is 3.91. The number of piperazine rings is 1. The molecule has 1 N–H and O–H groups in total. The van der Waals surface area contributed by atoms with Gasteiger partial charge >= 0.3 is 0 Å². The van der Waals surface area contributed by atoms with Crippen LogP contribution in [0.1, 0.15) is 18.4 Å². The van der Waals surface area contributed by atoms with E-state index in [0.717, 1.165) is 24.3 Å². The lowest BCUT2D eigenvalue weighted by molar-refractivity contribution is -0.143. The first kappa shape index (κ1) is 15.0. The van der Waals surface area contributed by atoms with Crippen molar-refractivity contribution in [3.05, 3.63) is 29.8 Å². The number of benzene rings is 1. The number of nitrogens with zero attached hydrogens (tertiary/aromatic N) is 2. The van der Waals surface area contributed by atoms with Crippen LogP contribution in [0.15, 0.2) is 24.3 Å². The zero-order valence-electron chi connectivity index (χ0n) is 13.3. The Hall–Kier alpha value is -1.88. The summed E-state index contributed by atoms with van der Waals surface area (Å²) in [6.07, 6.45) is 1.33. The summed E-state index contributed by atoms with van der Waals surface area (Å²) in [6.45, 7) is 5.14. The molecule has 1 aromatic rings. The molecule has 5 nitrogen and oxygen atoms in total. The first-order valence-corrected chi connectivity index (χ1v) is 7.88. The second kappa shape index (κ2) is 5.72. The zero-order valence-corrected chi connectivity index (χ0v) is 13.3. The summed E-state index contributed by atoms with van der Waals surface area (Å²) in [4.78, 5) is 29.4. The first-order valence-electron chi connectivity index (χ1n) is 7.88. The predicted octanol–water partition coefficient (Wildman–Crippen LogP) is 1.49. The minimum atomic E-state index is -0.821. The van der Waals surface area contributed by atoms with Crippen LogP contribution in [-0.4, -0.2) is 54.8 Å². The van der Waals surface area contributed by atoms with E-state index < -0.39 is 5.41 Å². The number of carbonyl (C=O) groups is 2. The number of nitrogens with one attached hydrogen (secondary N) is 1. The van der Waals surface area contributed by atoms with E-state index in [-0.39, 0.29) is 11.8 Å². The lowest BCUT2D eigenvalue weighted by atomic mass is 10.0. The number of aryl methyl sites for hydroxylation is 1. The van der Waals surface area contributed by atoms with Crippen LogP contribution < -0.4 is 5.32 Å².